The van der Waals surface area contributed by atoms with E-state index >= 15 is 0 Å². The average Bonchev–Trinajstić information content (AvgIpc) is 3.94. The number of para-hydroxylation sites is 1. The van der Waals surface area contributed by atoms with Crippen molar-refractivity contribution in [2.45, 2.75) is 5.92 Å². The largest absolute Gasteiger partial charge is 0.456 e. The smallest absolute Gasteiger partial charge is 0.161 e. The summed E-state index contributed by atoms with van der Waals surface area (Å²) in [5, 5.41) is 4.51. The predicted molar refractivity (Wildman–Crippen MR) is 233 cm³/mol. The first-order valence-electron chi connectivity index (χ1n) is 19.4. The van der Waals surface area contributed by atoms with E-state index in [9.17, 15) is 0 Å². The molecule has 4 nitrogen and oxygen atoms in total. The molecule has 1 aliphatic rings. The van der Waals surface area contributed by atoms with Crippen molar-refractivity contribution in [2.75, 3.05) is 0 Å². The van der Waals surface area contributed by atoms with Gasteiger partial charge in [0.05, 0.1) is 22.4 Å². The molecule has 1 atom stereocenters. The van der Waals surface area contributed by atoms with Crippen LogP contribution in [-0.2, 0) is 0 Å². The molecule has 4 heteroatoms. The number of hydrogen-bond acceptors (Lipinski definition) is 3. The summed E-state index contributed by atoms with van der Waals surface area (Å²) >= 11 is 0. The molecule has 0 N–H and O–H groups in total. The van der Waals surface area contributed by atoms with E-state index in [4.69, 9.17) is 14.4 Å². The number of rotatable bonds is 5. The number of aromatic nitrogens is 3. The monoisotopic (exact) mass is 727 g/mol. The van der Waals surface area contributed by atoms with Crippen LogP contribution in [0.15, 0.2) is 199 Å². The summed E-state index contributed by atoms with van der Waals surface area (Å²) in [6, 6.07) is 68.9. The van der Waals surface area contributed by atoms with Crippen LogP contribution < -0.4 is 0 Å². The Balaban J connectivity index is 1.09. The van der Waals surface area contributed by atoms with Crippen molar-refractivity contribution in [1.82, 2.24) is 14.5 Å². The highest BCUT2D eigenvalue weighted by Gasteiger charge is 2.33. The van der Waals surface area contributed by atoms with Crippen molar-refractivity contribution in [3.63, 3.8) is 0 Å². The highest BCUT2D eigenvalue weighted by Crippen LogP contribution is 2.52. The van der Waals surface area contributed by atoms with Crippen molar-refractivity contribution in [3.05, 3.63) is 211 Å². The molecule has 1 unspecified atom stereocenters. The molecule has 0 saturated carbocycles. The molecule has 0 radical (unpaired) electrons. The van der Waals surface area contributed by atoms with Gasteiger partial charge < -0.3 is 8.98 Å². The molecule has 0 fully saturated rings. The van der Waals surface area contributed by atoms with Gasteiger partial charge in [0.25, 0.3) is 0 Å². The predicted octanol–water partition coefficient (Wildman–Crippen LogP) is 13.6. The minimum absolute atomic E-state index is 0.106. The van der Waals surface area contributed by atoms with Gasteiger partial charge in [-0.1, -0.05) is 158 Å². The third kappa shape index (κ3) is 4.87. The molecule has 57 heavy (non-hydrogen) atoms. The van der Waals surface area contributed by atoms with Gasteiger partial charge in [-0.3, -0.25) is 0 Å². The molecule has 0 amide bonds. The number of fused-ring (bicyclic) bond motifs is 10. The zero-order valence-corrected chi connectivity index (χ0v) is 30.8. The van der Waals surface area contributed by atoms with E-state index in [-0.39, 0.29) is 5.92 Å². The van der Waals surface area contributed by atoms with Crippen LogP contribution in [0, 0.1) is 0 Å². The molecule has 266 valence electrons. The summed E-state index contributed by atoms with van der Waals surface area (Å²) in [4.78, 5) is 10.4. The minimum atomic E-state index is 0.106. The highest BCUT2D eigenvalue weighted by molar-refractivity contribution is 6.15. The van der Waals surface area contributed by atoms with E-state index in [1.807, 2.05) is 48.5 Å². The van der Waals surface area contributed by atoms with E-state index in [2.05, 4.69) is 150 Å². The molecule has 3 aromatic heterocycles. The van der Waals surface area contributed by atoms with E-state index in [0.29, 0.717) is 5.82 Å². The fourth-order valence-electron chi connectivity index (χ4n) is 9.24. The van der Waals surface area contributed by atoms with Crippen LogP contribution in [-0.4, -0.2) is 14.5 Å². The lowest BCUT2D eigenvalue weighted by Gasteiger charge is -2.18. The lowest BCUT2D eigenvalue weighted by molar-refractivity contribution is 0.668. The van der Waals surface area contributed by atoms with Crippen molar-refractivity contribution < 1.29 is 4.42 Å². The fraction of sp³-hybridized carbons (Fsp3) is 0.0189. The Morgan fingerprint density at radius 1 is 0.456 bits per heavy atom. The minimum Gasteiger partial charge on any atom is -0.456 e. The molecular weight excluding hydrogens is 695 g/mol. The summed E-state index contributed by atoms with van der Waals surface area (Å²) in [5.41, 5.74) is 16.4. The Bertz CT molecular complexity index is 3290. The quantitative estimate of drug-likeness (QED) is 0.177. The third-order valence-electron chi connectivity index (χ3n) is 11.7. The first kappa shape index (κ1) is 31.8. The maximum absolute atomic E-state index is 6.77. The zero-order chi connectivity index (χ0) is 37.5. The summed E-state index contributed by atoms with van der Waals surface area (Å²) in [7, 11) is 0. The third-order valence-corrected chi connectivity index (χ3v) is 11.7. The molecule has 0 saturated heterocycles. The molecule has 0 aliphatic heterocycles. The lowest BCUT2D eigenvalue weighted by atomic mass is 9.88. The van der Waals surface area contributed by atoms with E-state index in [1.54, 1.807) is 0 Å². The number of nitrogens with zero attached hydrogens (tertiary/aromatic N) is 3. The van der Waals surface area contributed by atoms with E-state index < -0.39 is 0 Å². The Labute approximate surface area is 329 Å². The normalized spacial score (nSPS) is 13.4. The summed E-state index contributed by atoms with van der Waals surface area (Å²) in [6.45, 7) is 0. The van der Waals surface area contributed by atoms with Gasteiger partial charge in [0.1, 0.15) is 11.2 Å². The molecule has 8 aromatic carbocycles. The van der Waals surface area contributed by atoms with Gasteiger partial charge in [-0.15, -0.1) is 0 Å². The SMILES string of the molecule is c1ccc(-c2cc(-c3ccccc3)nc(-c3cccc4oc5cc(-n6c7ccccc7c7ccc8c(c76)C(c6ccccc6)c6ccccc6-8)ccc5c34)n2)cc1. The van der Waals surface area contributed by atoms with Crippen LogP contribution >= 0.6 is 0 Å². The van der Waals surface area contributed by atoms with Gasteiger partial charge in [0, 0.05) is 55.9 Å². The molecule has 3 heterocycles. The number of hydrogen-bond donors (Lipinski definition) is 0. The van der Waals surface area contributed by atoms with Gasteiger partial charge in [0.15, 0.2) is 5.82 Å². The summed E-state index contributed by atoms with van der Waals surface area (Å²) in [6.07, 6.45) is 0. The molecule has 11 aromatic rings. The van der Waals surface area contributed by atoms with Crippen LogP contribution in [0.5, 0.6) is 0 Å². The first-order valence-corrected chi connectivity index (χ1v) is 19.4. The van der Waals surface area contributed by atoms with Crippen LogP contribution in [0.2, 0.25) is 0 Å². The van der Waals surface area contributed by atoms with E-state index in [0.717, 1.165) is 55.7 Å². The fourth-order valence-corrected chi connectivity index (χ4v) is 9.24. The first-order chi connectivity index (χ1) is 28.3. The molecule has 12 rings (SSSR count). The Hall–Kier alpha value is -7.56. The van der Waals surface area contributed by atoms with Gasteiger partial charge in [-0.2, -0.15) is 0 Å². The van der Waals surface area contributed by atoms with Crippen molar-refractivity contribution in [2.24, 2.45) is 0 Å². The molecule has 0 bridgehead atoms. The summed E-state index contributed by atoms with van der Waals surface area (Å²) < 4.78 is 9.23. The zero-order valence-electron chi connectivity index (χ0n) is 30.8. The van der Waals surface area contributed by atoms with E-state index in [1.165, 1.54) is 49.6 Å². The maximum atomic E-state index is 6.77. The van der Waals surface area contributed by atoms with Crippen LogP contribution in [0.1, 0.15) is 22.6 Å². The second-order valence-corrected chi connectivity index (χ2v) is 14.9. The Kier molecular flexibility index (Phi) is 6.96. The van der Waals surface area contributed by atoms with Crippen LogP contribution in [0.4, 0.5) is 0 Å². The lowest BCUT2D eigenvalue weighted by Crippen LogP contribution is -2.03. The molecular formula is C53H33N3O. The molecule has 1 aliphatic carbocycles. The van der Waals surface area contributed by atoms with Gasteiger partial charge in [-0.25, -0.2) is 9.97 Å². The Morgan fingerprint density at radius 3 is 1.88 bits per heavy atom. The highest BCUT2D eigenvalue weighted by atomic mass is 16.3. The number of furan rings is 1. The standard InChI is InChI=1S/C53H33N3O/c1-4-15-33(16-5-1)44-32-45(34-17-6-2-7-18-34)55-53(54-44)43-24-14-26-47-50(43)42-28-27-36(31-48(42)57-47)56-46-25-13-12-22-38(46)41-30-29-40-37-21-10-11-23-39(37)49(51(40)52(41)56)35-19-8-3-9-20-35/h1-32,49H. The second kappa shape index (κ2) is 12.5. The van der Waals surface area contributed by atoms with Crippen LogP contribution in [0.3, 0.4) is 0 Å². The van der Waals surface area contributed by atoms with Gasteiger partial charge >= 0.3 is 0 Å². The van der Waals surface area contributed by atoms with Crippen molar-refractivity contribution in [1.29, 1.82) is 0 Å². The second-order valence-electron chi connectivity index (χ2n) is 14.9. The topological polar surface area (TPSA) is 43.9 Å². The average molecular weight is 728 g/mol. The summed E-state index contributed by atoms with van der Waals surface area (Å²) in [5.74, 6) is 0.770. The van der Waals surface area contributed by atoms with Gasteiger partial charge in [0.2, 0.25) is 0 Å². The Morgan fingerprint density at radius 2 is 1.11 bits per heavy atom. The van der Waals surface area contributed by atoms with Crippen molar-refractivity contribution >= 4 is 43.7 Å². The maximum Gasteiger partial charge on any atom is 0.161 e. The van der Waals surface area contributed by atoms with Crippen LogP contribution in [0.25, 0.3) is 94.5 Å². The van der Waals surface area contributed by atoms with Crippen molar-refractivity contribution in [3.8, 4) is 50.7 Å². The van der Waals surface area contributed by atoms with Gasteiger partial charge in [-0.05, 0) is 58.1 Å². The number of benzene rings is 8. The molecule has 0 spiro atoms.